The van der Waals surface area contributed by atoms with Gasteiger partial charge in [0.05, 0.1) is 0 Å². The number of carbonyl (C=O) groups excluding carboxylic acids is 1. The smallest absolute Gasteiger partial charge is 0.272 e. The third-order valence-electron chi connectivity index (χ3n) is 4.49. The third-order valence-corrected chi connectivity index (χ3v) is 4.49. The van der Waals surface area contributed by atoms with E-state index in [1.165, 1.54) is 25.7 Å². The number of anilines is 1. The van der Waals surface area contributed by atoms with Crippen LogP contribution in [0.15, 0.2) is 30.3 Å². The molecule has 2 N–H and O–H groups in total. The minimum atomic E-state index is -0.252. The first kappa shape index (κ1) is 15.7. The summed E-state index contributed by atoms with van der Waals surface area (Å²) in [6.45, 7) is 0.626. The lowest BCUT2D eigenvalue weighted by atomic mass is 10.2. The summed E-state index contributed by atoms with van der Waals surface area (Å²) in [4.78, 5) is 12.2. The molecule has 1 fully saturated rings. The molecule has 1 amide bonds. The van der Waals surface area contributed by atoms with Gasteiger partial charge in [-0.05, 0) is 42.7 Å². The van der Waals surface area contributed by atoms with Gasteiger partial charge in [0.1, 0.15) is 5.82 Å². The molecular weight excluding hydrogens is 320 g/mol. The van der Waals surface area contributed by atoms with Crippen LogP contribution in [0.4, 0.5) is 5.82 Å². The summed E-state index contributed by atoms with van der Waals surface area (Å²) < 4.78 is 10.6. The number of aromatic nitrogens is 2. The first-order valence-electron chi connectivity index (χ1n) is 8.55. The SMILES string of the molecule is O=C(NCc1ccc2c(c1)OCO2)c1ccc(NC2CCCC2)nn1. The van der Waals surface area contributed by atoms with Gasteiger partial charge in [-0.2, -0.15) is 0 Å². The molecule has 0 unspecified atom stereocenters. The van der Waals surface area contributed by atoms with E-state index in [1.54, 1.807) is 12.1 Å². The van der Waals surface area contributed by atoms with E-state index in [0.717, 1.165) is 17.1 Å². The van der Waals surface area contributed by atoms with Crippen LogP contribution in [0.1, 0.15) is 41.7 Å². The topological polar surface area (TPSA) is 85.4 Å². The van der Waals surface area contributed by atoms with Gasteiger partial charge in [-0.1, -0.05) is 18.9 Å². The number of rotatable bonds is 5. The van der Waals surface area contributed by atoms with E-state index in [0.29, 0.717) is 24.0 Å². The molecule has 2 aliphatic rings. The average Bonchev–Trinajstić information content (AvgIpc) is 3.31. The number of hydrogen-bond donors (Lipinski definition) is 2. The Bertz CT molecular complexity index is 757. The molecule has 0 spiro atoms. The van der Waals surface area contributed by atoms with Gasteiger partial charge in [0, 0.05) is 12.6 Å². The van der Waals surface area contributed by atoms with Crippen LogP contribution in [0.5, 0.6) is 11.5 Å². The Balaban J connectivity index is 1.33. The van der Waals surface area contributed by atoms with Crippen LogP contribution in [-0.2, 0) is 6.54 Å². The predicted molar refractivity (Wildman–Crippen MR) is 91.6 cm³/mol. The summed E-state index contributed by atoms with van der Waals surface area (Å²) in [7, 11) is 0. The first-order valence-corrected chi connectivity index (χ1v) is 8.55. The van der Waals surface area contributed by atoms with Crippen molar-refractivity contribution < 1.29 is 14.3 Å². The first-order chi connectivity index (χ1) is 12.3. The van der Waals surface area contributed by atoms with Gasteiger partial charge < -0.3 is 20.1 Å². The van der Waals surface area contributed by atoms with Gasteiger partial charge in [0.2, 0.25) is 6.79 Å². The van der Waals surface area contributed by atoms with Crippen molar-refractivity contribution in [3.63, 3.8) is 0 Å². The van der Waals surface area contributed by atoms with Crippen LogP contribution in [0.2, 0.25) is 0 Å². The van der Waals surface area contributed by atoms with Gasteiger partial charge in [-0.25, -0.2) is 0 Å². The molecule has 7 heteroatoms. The molecule has 7 nitrogen and oxygen atoms in total. The molecule has 0 saturated heterocycles. The second-order valence-electron chi connectivity index (χ2n) is 6.30. The Hall–Kier alpha value is -2.83. The molecule has 130 valence electrons. The van der Waals surface area contributed by atoms with E-state index in [2.05, 4.69) is 20.8 Å². The fourth-order valence-corrected chi connectivity index (χ4v) is 3.13. The number of nitrogens with one attached hydrogen (secondary N) is 2. The number of fused-ring (bicyclic) bond motifs is 1. The Labute approximate surface area is 145 Å². The minimum absolute atomic E-state index is 0.238. The van der Waals surface area contributed by atoms with Crippen LogP contribution in [-0.4, -0.2) is 28.9 Å². The fourth-order valence-electron chi connectivity index (χ4n) is 3.13. The van der Waals surface area contributed by atoms with Crippen molar-refractivity contribution in [2.24, 2.45) is 0 Å². The van der Waals surface area contributed by atoms with Gasteiger partial charge in [-0.15, -0.1) is 10.2 Å². The largest absolute Gasteiger partial charge is 0.454 e. The van der Waals surface area contributed by atoms with Gasteiger partial charge in [-0.3, -0.25) is 4.79 Å². The van der Waals surface area contributed by atoms with E-state index in [-0.39, 0.29) is 12.7 Å². The van der Waals surface area contributed by atoms with E-state index < -0.39 is 0 Å². The summed E-state index contributed by atoms with van der Waals surface area (Å²) in [5.74, 6) is 1.90. The monoisotopic (exact) mass is 340 g/mol. The summed E-state index contributed by atoms with van der Waals surface area (Å²) >= 11 is 0. The number of hydrogen-bond acceptors (Lipinski definition) is 6. The van der Waals surface area contributed by atoms with Crippen LogP contribution in [0.3, 0.4) is 0 Å². The zero-order valence-electron chi connectivity index (χ0n) is 13.8. The second kappa shape index (κ2) is 6.96. The predicted octanol–water partition coefficient (Wildman–Crippen LogP) is 2.49. The van der Waals surface area contributed by atoms with Crippen molar-refractivity contribution >= 4 is 11.7 Å². The van der Waals surface area contributed by atoms with Gasteiger partial charge in [0.25, 0.3) is 5.91 Å². The molecule has 1 aromatic heterocycles. The number of amides is 1. The van der Waals surface area contributed by atoms with E-state index in [1.807, 2.05) is 18.2 Å². The lowest BCUT2D eigenvalue weighted by molar-refractivity contribution is 0.0945. The number of nitrogens with zero attached hydrogens (tertiary/aromatic N) is 2. The van der Waals surface area contributed by atoms with Crippen molar-refractivity contribution in [1.29, 1.82) is 0 Å². The molecule has 0 atom stereocenters. The van der Waals surface area contributed by atoms with Crippen LogP contribution < -0.4 is 20.1 Å². The molecule has 0 bridgehead atoms. The molecule has 1 aromatic carbocycles. The van der Waals surface area contributed by atoms with E-state index in [9.17, 15) is 4.79 Å². The maximum atomic E-state index is 12.2. The number of benzene rings is 1. The second-order valence-corrected chi connectivity index (χ2v) is 6.30. The average molecular weight is 340 g/mol. The standard InChI is InChI=1S/C18H20N4O3/c23-18(19-10-12-5-7-15-16(9-12)25-11-24-15)14-6-8-17(22-21-14)20-13-3-1-2-4-13/h5-9,13H,1-4,10-11H2,(H,19,23)(H,20,22). The fraction of sp³-hybridized carbons (Fsp3) is 0.389. The molecule has 1 saturated carbocycles. The van der Waals surface area contributed by atoms with Gasteiger partial charge in [0.15, 0.2) is 17.2 Å². The Morgan fingerprint density at radius 1 is 1.08 bits per heavy atom. The summed E-state index contributed by atoms with van der Waals surface area (Å²) in [5.41, 5.74) is 1.24. The van der Waals surface area contributed by atoms with Crippen molar-refractivity contribution in [3.05, 3.63) is 41.6 Å². The van der Waals surface area contributed by atoms with Crippen molar-refractivity contribution in [2.45, 2.75) is 38.3 Å². The van der Waals surface area contributed by atoms with Crippen LogP contribution >= 0.6 is 0 Å². The van der Waals surface area contributed by atoms with E-state index in [4.69, 9.17) is 9.47 Å². The Kier molecular flexibility index (Phi) is 4.37. The Morgan fingerprint density at radius 2 is 1.92 bits per heavy atom. The van der Waals surface area contributed by atoms with Crippen molar-refractivity contribution in [1.82, 2.24) is 15.5 Å². The van der Waals surface area contributed by atoms with E-state index >= 15 is 0 Å². The highest BCUT2D eigenvalue weighted by molar-refractivity contribution is 5.92. The zero-order valence-corrected chi connectivity index (χ0v) is 13.8. The van der Waals surface area contributed by atoms with Crippen LogP contribution in [0, 0.1) is 0 Å². The maximum Gasteiger partial charge on any atom is 0.272 e. The van der Waals surface area contributed by atoms with Crippen molar-refractivity contribution in [3.8, 4) is 11.5 Å². The maximum absolute atomic E-state index is 12.2. The molecular formula is C18H20N4O3. The highest BCUT2D eigenvalue weighted by Crippen LogP contribution is 2.32. The quantitative estimate of drug-likeness (QED) is 0.870. The van der Waals surface area contributed by atoms with Crippen molar-refractivity contribution in [2.75, 3.05) is 12.1 Å². The zero-order chi connectivity index (χ0) is 17.1. The lowest BCUT2D eigenvalue weighted by Gasteiger charge is -2.12. The molecule has 1 aliphatic carbocycles. The van der Waals surface area contributed by atoms with Crippen LogP contribution in [0.25, 0.3) is 0 Å². The number of carbonyl (C=O) groups is 1. The number of ether oxygens (including phenoxy) is 2. The molecule has 25 heavy (non-hydrogen) atoms. The molecule has 2 aromatic rings. The summed E-state index contributed by atoms with van der Waals surface area (Å²) in [6, 6.07) is 9.57. The molecule has 2 heterocycles. The normalized spacial score (nSPS) is 16.0. The molecule has 1 aliphatic heterocycles. The molecule has 4 rings (SSSR count). The Morgan fingerprint density at radius 3 is 2.72 bits per heavy atom. The molecule has 0 radical (unpaired) electrons. The van der Waals surface area contributed by atoms with Gasteiger partial charge >= 0.3 is 0 Å². The summed E-state index contributed by atoms with van der Waals surface area (Å²) in [5, 5.41) is 14.3. The lowest BCUT2D eigenvalue weighted by Crippen LogP contribution is -2.24. The highest BCUT2D eigenvalue weighted by atomic mass is 16.7. The highest BCUT2D eigenvalue weighted by Gasteiger charge is 2.16. The third kappa shape index (κ3) is 3.65. The minimum Gasteiger partial charge on any atom is -0.454 e. The summed E-state index contributed by atoms with van der Waals surface area (Å²) in [6.07, 6.45) is 4.84.